The van der Waals surface area contributed by atoms with Crippen LogP contribution in [0.5, 0.6) is 11.5 Å². The number of phenols is 1. The zero-order valence-corrected chi connectivity index (χ0v) is 16.1. The van der Waals surface area contributed by atoms with Crippen molar-refractivity contribution in [2.24, 2.45) is 0 Å². The molecule has 3 aromatic rings. The van der Waals surface area contributed by atoms with Crippen molar-refractivity contribution in [1.82, 2.24) is 0 Å². The molecule has 6 heteroatoms. The highest BCUT2D eigenvalue weighted by Gasteiger charge is 2.22. The van der Waals surface area contributed by atoms with E-state index in [1.807, 2.05) is 48.5 Å². The molecule has 0 fully saturated rings. The maximum atomic E-state index is 12.6. The van der Waals surface area contributed by atoms with Crippen LogP contribution in [-0.4, -0.2) is 30.2 Å². The lowest BCUT2D eigenvalue weighted by Gasteiger charge is -2.16. The maximum Gasteiger partial charge on any atom is 0.342 e. The van der Waals surface area contributed by atoms with E-state index in [9.17, 15) is 14.7 Å². The van der Waals surface area contributed by atoms with Crippen molar-refractivity contribution in [3.05, 3.63) is 78.4 Å². The van der Waals surface area contributed by atoms with Crippen LogP contribution in [0.1, 0.15) is 17.3 Å². The molecule has 1 amide bonds. The van der Waals surface area contributed by atoms with E-state index >= 15 is 0 Å². The monoisotopic (exact) mass is 391 g/mol. The molecule has 3 aromatic carbocycles. The number of para-hydroxylation sites is 1. The van der Waals surface area contributed by atoms with Crippen molar-refractivity contribution < 1.29 is 24.2 Å². The largest absolute Gasteiger partial charge is 0.507 e. The number of carbonyl (C=O) groups is 2. The average Bonchev–Trinajstić information content (AvgIpc) is 2.74. The number of rotatable bonds is 6. The number of amides is 1. The van der Waals surface area contributed by atoms with Gasteiger partial charge < -0.3 is 19.9 Å². The van der Waals surface area contributed by atoms with Crippen LogP contribution in [0.3, 0.4) is 0 Å². The van der Waals surface area contributed by atoms with Gasteiger partial charge in [-0.05, 0) is 30.7 Å². The van der Waals surface area contributed by atoms with Gasteiger partial charge in [-0.3, -0.25) is 4.79 Å². The summed E-state index contributed by atoms with van der Waals surface area (Å²) in [7, 11) is 1.45. The third kappa shape index (κ3) is 4.73. The maximum absolute atomic E-state index is 12.6. The predicted octanol–water partition coefficient (Wildman–Crippen LogP) is 4.25. The minimum absolute atomic E-state index is 0.0462. The van der Waals surface area contributed by atoms with E-state index in [1.165, 1.54) is 32.2 Å². The molecule has 0 bridgehead atoms. The summed E-state index contributed by atoms with van der Waals surface area (Å²) >= 11 is 0. The third-order valence-corrected chi connectivity index (χ3v) is 4.35. The minimum Gasteiger partial charge on any atom is -0.507 e. The Bertz CT molecular complexity index is 1020. The van der Waals surface area contributed by atoms with Gasteiger partial charge in [0.05, 0.1) is 7.11 Å². The molecule has 3 rings (SSSR count). The number of esters is 1. The Morgan fingerprint density at radius 2 is 1.66 bits per heavy atom. The molecule has 0 aliphatic carbocycles. The van der Waals surface area contributed by atoms with Crippen molar-refractivity contribution in [3.63, 3.8) is 0 Å². The molecule has 0 saturated carbocycles. The van der Waals surface area contributed by atoms with E-state index in [2.05, 4.69) is 5.32 Å². The number of aromatic hydroxyl groups is 1. The number of methoxy groups -OCH3 is 1. The number of benzene rings is 3. The fourth-order valence-electron chi connectivity index (χ4n) is 2.78. The van der Waals surface area contributed by atoms with Crippen LogP contribution in [0.25, 0.3) is 11.1 Å². The van der Waals surface area contributed by atoms with E-state index in [-0.39, 0.29) is 11.3 Å². The van der Waals surface area contributed by atoms with Gasteiger partial charge in [0, 0.05) is 17.3 Å². The Balaban J connectivity index is 1.71. The van der Waals surface area contributed by atoms with E-state index in [4.69, 9.17) is 9.47 Å². The van der Waals surface area contributed by atoms with Gasteiger partial charge in [-0.2, -0.15) is 0 Å². The fraction of sp³-hybridized carbons (Fsp3) is 0.130. The SMILES string of the molecule is COc1ccc(C(=O)O[C@@H](C)C(=O)Nc2ccccc2-c2ccccc2)c(O)c1. The Morgan fingerprint density at radius 3 is 2.34 bits per heavy atom. The molecule has 0 aliphatic rings. The molecule has 6 nitrogen and oxygen atoms in total. The van der Waals surface area contributed by atoms with Crippen LogP contribution >= 0.6 is 0 Å². The summed E-state index contributed by atoms with van der Waals surface area (Å²) in [6.45, 7) is 1.47. The van der Waals surface area contributed by atoms with Crippen LogP contribution in [0, 0.1) is 0 Å². The van der Waals surface area contributed by atoms with Crippen LogP contribution in [0.2, 0.25) is 0 Å². The number of carbonyl (C=O) groups excluding carboxylic acids is 2. The van der Waals surface area contributed by atoms with Crippen molar-refractivity contribution in [2.45, 2.75) is 13.0 Å². The van der Waals surface area contributed by atoms with Crippen LogP contribution in [-0.2, 0) is 9.53 Å². The predicted molar refractivity (Wildman–Crippen MR) is 110 cm³/mol. The molecular weight excluding hydrogens is 370 g/mol. The lowest BCUT2D eigenvalue weighted by molar-refractivity contribution is -0.123. The quantitative estimate of drug-likeness (QED) is 0.614. The third-order valence-electron chi connectivity index (χ3n) is 4.35. The lowest BCUT2D eigenvalue weighted by Crippen LogP contribution is -2.30. The van der Waals surface area contributed by atoms with Crippen molar-refractivity contribution in [2.75, 3.05) is 12.4 Å². The van der Waals surface area contributed by atoms with Gasteiger partial charge in [0.2, 0.25) is 0 Å². The number of phenolic OH excluding ortho intramolecular Hbond substituents is 1. The van der Waals surface area contributed by atoms with E-state index in [1.54, 1.807) is 6.07 Å². The highest BCUT2D eigenvalue weighted by Crippen LogP contribution is 2.28. The molecule has 0 aliphatic heterocycles. The van der Waals surface area contributed by atoms with Gasteiger partial charge >= 0.3 is 5.97 Å². The summed E-state index contributed by atoms with van der Waals surface area (Å²) in [5.41, 5.74) is 2.37. The second-order valence-corrected chi connectivity index (χ2v) is 6.33. The van der Waals surface area contributed by atoms with Crippen LogP contribution in [0.4, 0.5) is 5.69 Å². The average molecular weight is 391 g/mol. The number of hydrogen-bond acceptors (Lipinski definition) is 5. The topological polar surface area (TPSA) is 84.9 Å². The summed E-state index contributed by atoms with van der Waals surface area (Å²) in [5.74, 6) is -1.15. The highest BCUT2D eigenvalue weighted by molar-refractivity contribution is 6.00. The molecule has 0 radical (unpaired) electrons. The second-order valence-electron chi connectivity index (χ2n) is 6.33. The number of ether oxygens (including phenoxy) is 2. The van der Waals surface area contributed by atoms with Crippen molar-refractivity contribution >= 4 is 17.6 Å². The summed E-state index contributed by atoms with van der Waals surface area (Å²) in [4.78, 5) is 24.9. The summed E-state index contributed by atoms with van der Waals surface area (Å²) in [6.07, 6.45) is -1.06. The van der Waals surface area contributed by atoms with Crippen molar-refractivity contribution in [1.29, 1.82) is 0 Å². The molecule has 29 heavy (non-hydrogen) atoms. The zero-order chi connectivity index (χ0) is 20.8. The van der Waals surface area contributed by atoms with Crippen LogP contribution < -0.4 is 10.1 Å². The molecule has 1 atom stereocenters. The normalized spacial score (nSPS) is 11.4. The van der Waals surface area contributed by atoms with Gasteiger partial charge in [0.15, 0.2) is 6.10 Å². The van der Waals surface area contributed by atoms with E-state index < -0.39 is 18.0 Å². The van der Waals surface area contributed by atoms with Gasteiger partial charge in [-0.15, -0.1) is 0 Å². The molecule has 2 N–H and O–H groups in total. The lowest BCUT2D eigenvalue weighted by atomic mass is 10.0. The molecular formula is C23H21NO5. The second kappa shape index (κ2) is 8.93. The number of anilines is 1. The van der Waals surface area contributed by atoms with Crippen LogP contribution in [0.15, 0.2) is 72.8 Å². The first kappa shape index (κ1) is 19.9. The number of hydrogen-bond donors (Lipinski definition) is 2. The Labute approximate surface area is 168 Å². The Morgan fingerprint density at radius 1 is 0.966 bits per heavy atom. The molecule has 148 valence electrons. The Hall–Kier alpha value is -3.80. The minimum atomic E-state index is -1.06. The standard InChI is InChI=1S/C23H21NO5/c1-15(29-23(27)19-13-12-17(28-2)14-21(19)25)22(26)24-20-11-7-6-10-18(20)16-8-4-3-5-9-16/h3-15,25H,1-2H3,(H,24,26)/t15-/m0/s1. The van der Waals surface area contributed by atoms with Crippen molar-refractivity contribution in [3.8, 4) is 22.6 Å². The zero-order valence-electron chi connectivity index (χ0n) is 16.1. The first-order valence-electron chi connectivity index (χ1n) is 9.03. The van der Waals surface area contributed by atoms with Gasteiger partial charge in [-0.25, -0.2) is 4.79 Å². The summed E-state index contributed by atoms with van der Waals surface area (Å²) in [5, 5.41) is 12.8. The smallest absolute Gasteiger partial charge is 0.342 e. The summed E-state index contributed by atoms with van der Waals surface area (Å²) in [6, 6.07) is 21.2. The Kier molecular flexibility index (Phi) is 6.14. The fourth-order valence-corrected chi connectivity index (χ4v) is 2.78. The summed E-state index contributed by atoms with van der Waals surface area (Å²) < 4.78 is 10.2. The van der Waals surface area contributed by atoms with Gasteiger partial charge in [0.25, 0.3) is 5.91 Å². The van der Waals surface area contributed by atoms with E-state index in [0.717, 1.165) is 11.1 Å². The molecule has 0 heterocycles. The molecule has 0 unspecified atom stereocenters. The first-order valence-corrected chi connectivity index (χ1v) is 9.03. The molecule has 0 aromatic heterocycles. The first-order chi connectivity index (χ1) is 14.0. The van der Waals surface area contributed by atoms with Gasteiger partial charge in [0.1, 0.15) is 17.1 Å². The molecule has 0 saturated heterocycles. The molecule has 0 spiro atoms. The van der Waals surface area contributed by atoms with E-state index in [0.29, 0.717) is 11.4 Å². The van der Waals surface area contributed by atoms with Gasteiger partial charge in [-0.1, -0.05) is 48.5 Å². The highest BCUT2D eigenvalue weighted by atomic mass is 16.5. The number of nitrogens with one attached hydrogen (secondary N) is 1.